The second kappa shape index (κ2) is 4.41. The van der Waals surface area contributed by atoms with E-state index < -0.39 is 5.82 Å². The Hall–Kier alpha value is -1.74. The van der Waals surface area contributed by atoms with Crippen molar-refractivity contribution in [3.63, 3.8) is 0 Å². The molecule has 0 saturated carbocycles. The topological polar surface area (TPSA) is 38.0 Å². The van der Waals surface area contributed by atoms with Crippen LogP contribution < -0.4 is 11.1 Å². The molecule has 2 aromatic rings. The minimum absolute atomic E-state index is 0.246. The Morgan fingerprint density at radius 3 is 2.50 bits per heavy atom. The standard InChI is InChI=1S/C12H10ClFN2/c13-8-4-1-2-7-11(8)16-12-9(14)5-3-6-10(12)15/h1-7,16H,15H2. The molecule has 0 aliphatic heterocycles. The van der Waals surface area contributed by atoms with Gasteiger partial charge in [0.25, 0.3) is 0 Å². The molecule has 82 valence electrons. The number of para-hydroxylation sites is 2. The first kappa shape index (κ1) is 10.8. The molecule has 3 N–H and O–H groups in total. The smallest absolute Gasteiger partial charge is 0.148 e. The van der Waals surface area contributed by atoms with Crippen LogP contribution in [0.3, 0.4) is 0 Å². The Morgan fingerprint density at radius 2 is 1.81 bits per heavy atom. The van der Waals surface area contributed by atoms with Crippen molar-refractivity contribution >= 4 is 28.7 Å². The fraction of sp³-hybridized carbons (Fsp3) is 0. The summed E-state index contributed by atoms with van der Waals surface area (Å²) in [5.74, 6) is -0.403. The lowest BCUT2D eigenvalue weighted by atomic mass is 10.2. The Balaban J connectivity index is 2.38. The summed E-state index contributed by atoms with van der Waals surface area (Å²) in [6.07, 6.45) is 0. The van der Waals surface area contributed by atoms with Crippen LogP contribution in [0, 0.1) is 5.82 Å². The number of nitrogens with two attached hydrogens (primary N) is 1. The molecule has 0 heterocycles. The number of nitrogens with one attached hydrogen (secondary N) is 1. The van der Waals surface area contributed by atoms with Crippen molar-refractivity contribution in [2.24, 2.45) is 0 Å². The molecule has 0 amide bonds. The first-order valence-corrected chi connectivity index (χ1v) is 5.12. The fourth-order valence-corrected chi connectivity index (χ4v) is 1.55. The molecular weight excluding hydrogens is 227 g/mol. The third-order valence-corrected chi connectivity index (χ3v) is 2.51. The van der Waals surface area contributed by atoms with Crippen LogP contribution in [0.15, 0.2) is 42.5 Å². The molecule has 2 aromatic carbocycles. The number of rotatable bonds is 2. The van der Waals surface area contributed by atoms with Crippen LogP contribution in [-0.2, 0) is 0 Å². The number of hydrogen-bond acceptors (Lipinski definition) is 2. The molecule has 0 bridgehead atoms. The van der Waals surface area contributed by atoms with E-state index in [1.807, 2.05) is 6.07 Å². The number of nitrogen functional groups attached to an aromatic ring is 1. The number of benzene rings is 2. The van der Waals surface area contributed by atoms with Gasteiger partial charge in [-0.25, -0.2) is 4.39 Å². The minimum atomic E-state index is -0.403. The van der Waals surface area contributed by atoms with Crippen molar-refractivity contribution in [2.75, 3.05) is 11.1 Å². The van der Waals surface area contributed by atoms with Gasteiger partial charge in [-0.1, -0.05) is 29.8 Å². The van der Waals surface area contributed by atoms with Gasteiger partial charge in [-0.05, 0) is 24.3 Å². The van der Waals surface area contributed by atoms with E-state index in [0.717, 1.165) is 0 Å². The van der Waals surface area contributed by atoms with Crippen molar-refractivity contribution < 1.29 is 4.39 Å². The maximum atomic E-state index is 13.5. The summed E-state index contributed by atoms with van der Waals surface area (Å²) in [6.45, 7) is 0. The lowest BCUT2D eigenvalue weighted by molar-refractivity contribution is 0.632. The van der Waals surface area contributed by atoms with Crippen LogP contribution in [0.2, 0.25) is 5.02 Å². The summed E-state index contributed by atoms with van der Waals surface area (Å²) in [7, 11) is 0. The van der Waals surface area contributed by atoms with Gasteiger partial charge in [-0.15, -0.1) is 0 Å². The first-order valence-electron chi connectivity index (χ1n) is 4.74. The maximum absolute atomic E-state index is 13.5. The van der Waals surface area contributed by atoms with Crippen molar-refractivity contribution in [2.45, 2.75) is 0 Å². The van der Waals surface area contributed by atoms with Crippen molar-refractivity contribution in [1.82, 2.24) is 0 Å². The van der Waals surface area contributed by atoms with Crippen LogP contribution in [-0.4, -0.2) is 0 Å². The number of halogens is 2. The molecular formula is C12H10ClFN2. The molecule has 2 nitrogen and oxygen atoms in total. The highest BCUT2D eigenvalue weighted by atomic mass is 35.5. The molecule has 0 aliphatic rings. The Bertz CT molecular complexity index is 494. The molecule has 0 unspecified atom stereocenters. The summed E-state index contributed by atoms with van der Waals surface area (Å²) >= 11 is 5.95. The van der Waals surface area contributed by atoms with E-state index in [1.165, 1.54) is 6.07 Å². The molecule has 0 atom stereocenters. The van der Waals surface area contributed by atoms with Crippen molar-refractivity contribution in [1.29, 1.82) is 0 Å². The molecule has 0 spiro atoms. The summed E-state index contributed by atoms with van der Waals surface area (Å²) in [4.78, 5) is 0. The molecule has 0 saturated heterocycles. The van der Waals surface area contributed by atoms with Crippen LogP contribution in [0.5, 0.6) is 0 Å². The first-order chi connectivity index (χ1) is 7.68. The minimum Gasteiger partial charge on any atom is -0.397 e. The molecule has 0 aromatic heterocycles. The molecule has 16 heavy (non-hydrogen) atoms. The highest BCUT2D eigenvalue weighted by molar-refractivity contribution is 6.33. The van der Waals surface area contributed by atoms with E-state index in [2.05, 4.69) is 5.32 Å². The van der Waals surface area contributed by atoms with Crippen LogP contribution in [0.4, 0.5) is 21.5 Å². The van der Waals surface area contributed by atoms with E-state index in [-0.39, 0.29) is 5.69 Å². The zero-order valence-electron chi connectivity index (χ0n) is 8.37. The summed E-state index contributed by atoms with van der Waals surface area (Å²) in [5, 5.41) is 3.40. The third-order valence-electron chi connectivity index (χ3n) is 2.18. The average molecular weight is 237 g/mol. The van der Waals surface area contributed by atoms with Gasteiger partial charge < -0.3 is 11.1 Å². The van der Waals surface area contributed by atoms with Crippen LogP contribution in [0.25, 0.3) is 0 Å². The highest BCUT2D eigenvalue weighted by Gasteiger charge is 2.07. The normalized spacial score (nSPS) is 10.1. The van der Waals surface area contributed by atoms with E-state index in [0.29, 0.717) is 16.4 Å². The number of anilines is 3. The predicted octanol–water partition coefficient (Wildman–Crippen LogP) is 3.80. The maximum Gasteiger partial charge on any atom is 0.148 e. The van der Waals surface area contributed by atoms with E-state index in [4.69, 9.17) is 17.3 Å². The Morgan fingerprint density at radius 1 is 1.06 bits per heavy atom. The largest absolute Gasteiger partial charge is 0.397 e. The average Bonchev–Trinajstić information content (AvgIpc) is 2.26. The van der Waals surface area contributed by atoms with Gasteiger partial charge in [-0.2, -0.15) is 0 Å². The SMILES string of the molecule is Nc1cccc(F)c1Nc1ccccc1Cl. The molecule has 2 rings (SSSR count). The lowest BCUT2D eigenvalue weighted by Crippen LogP contribution is -1.99. The van der Waals surface area contributed by atoms with Gasteiger partial charge in [0.15, 0.2) is 0 Å². The monoisotopic (exact) mass is 236 g/mol. The predicted molar refractivity (Wildman–Crippen MR) is 65.5 cm³/mol. The Kier molecular flexibility index (Phi) is 2.97. The summed E-state index contributed by atoms with van der Waals surface area (Å²) < 4.78 is 13.5. The van der Waals surface area contributed by atoms with E-state index in [9.17, 15) is 4.39 Å². The van der Waals surface area contributed by atoms with Crippen LogP contribution >= 0.6 is 11.6 Å². The zero-order chi connectivity index (χ0) is 11.5. The van der Waals surface area contributed by atoms with E-state index >= 15 is 0 Å². The highest BCUT2D eigenvalue weighted by Crippen LogP contribution is 2.29. The lowest BCUT2D eigenvalue weighted by Gasteiger charge is -2.11. The van der Waals surface area contributed by atoms with Gasteiger partial charge in [0.1, 0.15) is 5.82 Å². The van der Waals surface area contributed by atoms with Crippen molar-refractivity contribution in [3.8, 4) is 0 Å². The van der Waals surface area contributed by atoms with Crippen LogP contribution in [0.1, 0.15) is 0 Å². The van der Waals surface area contributed by atoms with E-state index in [1.54, 1.807) is 30.3 Å². The Labute approximate surface area is 97.8 Å². The van der Waals surface area contributed by atoms with Gasteiger partial charge in [0.2, 0.25) is 0 Å². The molecule has 4 heteroatoms. The third kappa shape index (κ3) is 2.09. The summed E-state index contributed by atoms with van der Waals surface area (Å²) in [6, 6.07) is 11.6. The second-order valence-corrected chi connectivity index (χ2v) is 3.72. The van der Waals surface area contributed by atoms with Gasteiger partial charge in [-0.3, -0.25) is 0 Å². The summed E-state index contributed by atoms with van der Waals surface area (Å²) in [5.41, 5.74) is 6.89. The molecule has 0 aliphatic carbocycles. The van der Waals surface area contributed by atoms with Gasteiger partial charge >= 0.3 is 0 Å². The zero-order valence-corrected chi connectivity index (χ0v) is 9.13. The molecule has 0 radical (unpaired) electrons. The van der Waals surface area contributed by atoms with Crippen molar-refractivity contribution in [3.05, 3.63) is 53.3 Å². The van der Waals surface area contributed by atoms with Gasteiger partial charge in [0.05, 0.1) is 22.1 Å². The van der Waals surface area contributed by atoms with Gasteiger partial charge in [0, 0.05) is 0 Å². The fourth-order valence-electron chi connectivity index (χ4n) is 1.37. The second-order valence-electron chi connectivity index (χ2n) is 3.31. The number of hydrogen-bond donors (Lipinski definition) is 2. The molecule has 0 fully saturated rings. The quantitative estimate of drug-likeness (QED) is 0.779.